The van der Waals surface area contributed by atoms with E-state index in [4.69, 9.17) is 11.6 Å². The summed E-state index contributed by atoms with van der Waals surface area (Å²) in [6, 6.07) is 3.11. The minimum atomic E-state index is -5.21. The van der Waals surface area contributed by atoms with Gasteiger partial charge in [0.05, 0.1) is 15.6 Å². The molecule has 0 bridgehead atoms. The molecule has 13 heteroatoms. The molecule has 0 spiro atoms. The van der Waals surface area contributed by atoms with Gasteiger partial charge in [-0.1, -0.05) is 11.6 Å². The Kier molecular flexibility index (Phi) is 6.52. The number of carbonyl (C=O) groups is 2. The summed E-state index contributed by atoms with van der Waals surface area (Å²) in [6.07, 6.45) is -5.21. The van der Waals surface area contributed by atoms with Crippen molar-refractivity contribution < 1.29 is 36.3 Å². The van der Waals surface area contributed by atoms with Crippen LogP contribution in [-0.4, -0.2) is 72.5 Å². The van der Waals surface area contributed by atoms with Crippen molar-refractivity contribution in [3.05, 3.63) is 23.2 Å². The van der Waals surface area contributed by atoms with E-state index in [2.05, 4.69) is 0 Å². The second kappa shape index (κ2) is 8.09. The zero-order chi connectivity index (χ0) is 22.2. The molecule has 8 nitrogen and oxygen atoms in total. The molecule has 1 aliphatic rings. The third-order valence-electron chi connectivity index (χ3n) is 4.50. The first kappa shape index (κ1) is 23.4. The normalized spacial score (nSPS) is 18.2. The van der Waals surface area contributed by atoms with Crippen LogP contribution in [0.2, 0.25) is 5.02 Å². The number of piperazine rings is 1. The number of amides is 2. The predicted molar refractivity (Wildman–Crippen MR) is 97.8 cm³/mol. The van der Waals surface area contributed by atoms with Crippen LogP contribution in [0.5, 0.6) is 0 Å². The number of aliphatic hydroxyl groups is 1. The van der Waals surface area contributed by atoms with Crippen molar-refractivity contribution in [3.63, 3.8) is 0 Å². The monoisotopic (exact) mass is 457 g/mol. The number of carbonyl (C=O) groups excluding carboxylic acids is 2. The van der Waals surface area contributed by atoms with E-state index in [-0.39, 0.29) is 54.6 Å². The molecular weight excluding hydrogens is 439 g/mol. The lowest BCUT2D eigenvalue weighted by atomic mass is 10.1. The van der Waals surface area contributed by atoms with Gasteiger partial charge in [0.15, 0.2) is 0 Å². The van der Waals surface area contributed by atoms with Crippen molar-refractivity contribution >= 4 is 39.1 Å². The maximum Gasteiger partial charge on any atom is 0.426 e. The molecule has 1 aliphatic heterocycles. The lowest BCUT2D eigenvalue weighted by Gasteiger charge is -2.33. The Hall–Kier alpha value is -1.89. The summed E-state index contributed by atoms with van der Waals surface area (Å²) in [4.78, 5) is 24.4. The number of benzene rings is 1. The lowest BCUT2D eigenvalue weighted by Crippen LogP contribution is -2.52. The second-order valence-corrected chi connectivity index (χ2v) is 8.92. The van der Waals surface area contributed by atoms with Crippen LogP contribution in [0.3, 0.4) is 0 Å². The number of anilines is 1. The first-order valence-corrected chi connectivity index (χ1v) is 10.2. The molecule has 29 heavy (non-hydrogen) atoms. The Labute approximate surface area is 170 Å². The average molecular weight is 458 g/mol. The third-order valence-corrected chi connectivity index (χ3v) is 6.71. The first-order valence-electron chi connectivity index (χ1n) is 8.33. The molecule has 1 atom stereocenters. The summed E-state index contributed by atoms with van der Waals surface area (Å²) in [6.45, 7) is 2.27. The van der Waals surface area contributed by atoms with Crippen LogP contribution < -0.4 is 5.32 Å². The Morgan fingerprint density at radius 2 is 1.72 bits per heavy atom. The molecule has 1 heterocycles. The summed E-state index contributed by atoms with van der Waals surface area (Å²) in [5.74, 6) is -1.93. The van der Waals surface area contributed by atoms with E-state index in [1.165, 1.54) is 11.8 Å². The van der Waals surface area contributed by atoms with E-state index in [9.17, 15) is 36.3 Å². The number of hydrogen-bond donors (Lipinski definition) is 2. The van der Waals surface area contributed by atoms with E-state index in [0.29, 0.717) is 0 Å². The minimum Gasteiger partial charge on any atom is -0.373 e. The first-order chi connectivity index (χ1) is 13.2. The van der Waals surface area contributed by atoms with Gasteiger partial charge in [-0.25, -0.2) is 8.42 Å². The Balaban J connectivity index is 2.19. The molecule has 0 aromatic heterocycles. The highest BCUT2D eigenvalue weighted by atomic mass is 35.5. The molecule has 0 unspecified atom stereocenters. The van der Waals surface area contributed by atoms with Crippen LogP contribution in [0, 0.1) is 0 Å². The van der Waals surface area contributed by atoms with Crippen molar-refractivity contribution in [3.8, 4) is 0 Å². The number of rotatable bonds is 4. The largest absolute Gasteiger partial charge is 0.426 e. The highest BCUT2D eigenvalue weighted by molar-refractivity contribution is 7.89. The summed E-state index contributed by atoms with van der Waals surface area (Å²) < 4.78 is 64.8. The van der Waals surface area contributed by atoms with Gasteiger partial charge in [-0.2, -0.15) is 17.5 Å². The molecule has 1 saturated heterocycles. The summed E-state index contributed by atoms with van der Waals surface area (Å²) in [5.41, 5.74) is -3.95. The van der Waals surface area contributed by atoms with Crippen LogP contribution >= 0.6 is 11.6 Å². The topological polar surface area (TPSA) is 107 Å². The Morgan fingerprint density at radius 3 is 2.17 bits per heavy atom. The van der Waals surface area contributed by atoms with Gasteiger partial charge in [-0.3, -0.25) is 9.59 Å². The molecule has 1 aromatic carbocycles. The van der Waals surface area contributed by atoms with Crippen LogP contribution in [0.4, 0.5) is 18.9 Å². The van der Waals surface area contributed by atoms with Gasteiger partial charge in [0.2, 0.25) is 21.5 Å². The van der Waals surface area contributed by atoms with Crippen LogP contribution in [-0.2, 0) is 19.6 Å². The standard InChI is InChI=1S/C16H19ClF3N3O5S/c1-10(24)22-5-7-23(8-6-22)29(27,28)11-3-4-13(12(17)9-11)21-14(25)15(2,26)16(18,19)20/h3-4,9,26H,5-8H2,1-2H3,(H,21,25)/t15-/m1/s1. The lowest BCUT2D eigenvalue weighted by molar-refractivity contribution is -0.242. The summed E-state index contributed by atoms with van der Waals surface area (Å²) in [5, 5.41) is 10.9. The van der Waals surface area contributed by atoms with Gasteiger partial charge >= 0.3 is 6.18 Å². The van der Waals surface area contributed by atoms with Crippen molar-refractivity contribution in [2.45, 2.75) is 30.5 Å². The molecule has 2 N–H and O–H groups in total. The molecule has 162 valence electrons. The Morgan fingerprint density at radius 1 is 1.17 bits per heavy atom. The quantitative estimate of drug-likeness (QED) is 0.711. The number of halogens is 4. The number of alkyl halides is 3. The Bertz CT molecular complexity index is 913. The van der Waals surface area contributed by atoms with E-state index in [1.807, 2.05) is 5.32 Å². The second-order valence-electron chi connectivity index (χ2n) is 6.58. The summed E-state index contributed by atoms with van der Waals surface area (Å²) >= 11 is 5.93. The van der Waals surface area contributed by atoms with E-state index in [0.717, 1.165) is 22.5 Å². The van der Waals surface area contributed by atoms with Crippen molar-refractivity contribution in [1.29, 1.82) is 0 Å². The number of nitrogens with zero attached hydrogens (tertiary/aromatic N) is 2. The smallest absolute Gasteiger partial charge is 0.373 e. The average Bonchev–Trinajstić information content (AvgIpc) is 2.62. The van der Waals surface area contributed by atoms with E-state index in [1.54, 1.807) is 0 Å². The number of nitrogens with one attached hydrogen (secondary N) is 1. The zero-order valence-electron chi connectivity index (χ0n) is 15.5. The molecule has 0 radical (unpaired) electrons. The van der Waals surface area contributed by atoms with Crippen molar-refractivity contribution in [2.24, 2.45) is 0 Å². The molecule has 0 aliphatic carbocycles. The highest BCUT2D eigenvalue weighted by Gasteiger charge is 2.55. The molecule has 0 saturated carbocycles. The summed E-state index contributed by atoms with van der Waals surface area (Å²) in [7, 11) is -3.96. The zero-order valence-corrected chi connectivity index (χ0v) is 17.0. The molecule has 1 fully saturated rings. The van der Waals surface area contributed by atoms with Crippen LogP contribution in [0.15, 0.2) is 23.1 Å². The van der Waals surface area contributed by atoms with Gasteiger partial charge in [0, 0.05) is 33.1 Å². The molecule has 2 amide bonds. The molecule has 1 aromatic rings. The maximum atomic E-state index is 12.7. The van der Waals surface area contributed by atoms with Gasteiger partial charge < -0.3 is 15.3 Å². The predicted octanol–water partition coefficient (Wildman–Crippen LogP) is 1.44. The van der Waals surface area contributed by atoms with Gasteiger partial charge in [0.1, 0.15) is 0 Å². The van der Waals surface area contributed by atoms with Gasteiger partial charge in [0.25, 0.3) is 5.91 Å². The maximum absolute atomic E-state index is 12.7. The molecular formula is C16H19ClF3N3O5S. The van der Waals surface area contributed by atoms with E-state index < -0.39 is 27.7 Å². The fourth-order valence-corrected chi connectivity index (χ4v) is 4.26. The fraction of sp³-hybridized carbons (Fsp3) is 0.500. The van der Waals surface area contributed by atoms with E-state index >= 15 is 0 Å². The number of hydrogen-bond acceptors (Lipinski definition) is 5. The van der Waals surface area contributed by atoms with Crippen molar-refractivity contribution in [2.75, 3.05) is 31.5 Å². The molecule has 2 rings (SSSR count). The van der Waals surface area contributed by atoms with Crippen LogP contribution in [0.1, 0.15) is 13.8 Å². The van der Waals surface area contributed by atoms with Gasteiger partial charge in [-0.05, 0) is 25.1 Å². The minimum absolute atomic E-state index is 0.0759. The van der Waals surface area contributed by atoms with Crippen LogP contribution in [0.25, 0.3) is 0 Å². The fourth-order valence-electron chi connectivity index (χ4n) is 2.52. The SMILES string of the molecule is CC(=O)N1CCN(S(=O)(=O)c2ccc(NC(=O)[C@@](C)(O)C(F)(F)F)c(Cl)c2)CC1. The number of sulfonamides is 1. The van der Waals surface area contributed by atoms with Gasteiger partial charge in [-0.15, -0.1) is 0 Å². The highest BCUT2D eigenvalue weighted by Crippen LogP contribution is 2.33. The third kappa shape index (κ3) is 4.82. The van der Waals surface area contributed by atoms with Crippen molar-refractivity contribution in [1.82, 2.24) is 9.21 Å².